The number of hydrogen-bond acceptors (Lipinski definition) is 5. The number of amides is 3. The molecule has 2 aromatic carbocycles. The van der Waals surface area contributed by atoms with Crippen LogP contribution in [0.4, 0.5) is 24.4 Å². The van der Waals surface area contributed by atoms with Crippen molar-refractivity contribution in [1.82, 2.24) is 15.5 Å². The molecule has 1 heterocycles. The van der Waals surface area contributed by atoms with Gasteiger partial charge in [-0.2, -0.15) is 0 Å². The minimum atomic E-state index is -0.919. The van der Waals surface area contributed by atoms with Crippen LogP contribution < -0.4 is 16.0 Å². The molecule has 0 fully saturated rings. The third-order valence-corrected chi connectivity index (χ3v) is 4.98. The quantitative estimate of drug-likeness (QED) is 0.543. The van der Waals surface area contributed by atoms with Crippen molar-refractivity contribution in [3.8, 4) is 10.6 Å². The van der Waals surface area contributed by atoms with Gasteiger partial charge < -0.3 is 10.6 Å². The Labute approximate surface area is 175 Å². The van der Waals surface area contributed by atoms with Crippen LogP contribution in [-0.4, -0.2) is 28.2 Å². The topological polar surface area (TPSA) is 96.0 Å². The average Bonchev–Trinajstić information content (AvgIpc) is 3.17. The lowest BCUT2D eigenvalue weighted by Gasteiger charge is -2.21. The highest BCUT2D eigenvalue weighted by atomic mass is 32.1. The van der Waals surface area contributed by atoms with Gasteiger partial charge in [0.05, 0.1) is 5.69 Å². The third-order valence-electron chi connectivity index (χ3n) is 4.09. The minimum Gasteiger partial charge on any atom is -0.326 e. The van der Waals surface area contributed by atoms with E-state index in [1.165, 1.54) is 11.3 Å². The molecular weight excluding hydrogens is 412 g/mol. The fraction of sp³-hybridized carbons (Fsp3) is 0.200. The van der Waals surface area contributed by atoms with Gasteiger partial charge in [0.25, 0.3) is 0 Å². The van der Waals surface area contributed by atoms with Gasteiger partial charge in [0.2, 0.25) is 11.0 Å². The van der Waals surface area contributed by atoms with Crippen molar-refractivity contribution < 1.29 is 18.4 Å². The molecule has 0 saturated carbocycles. The summed E-state index contributed by atoms with van der Waals surface area (Å²) >= 11 is 1.20. The lowest BCUT2D eigenvalue weighted by molar-refractivity contribution is -0.118. The number of anilines is 2. The Morgan fingerprint density at radius 2 is 1.73 bits per heavy atom. The fourth-order valence-electron chi connectivity index (χ4n) is 2.58. The van der Waals surface area contributed by atoms with E-state index in [1.54, 1.807) is 13.8 Å². The van der Waals surface area contributed by atoms with E-state index in [-0.39, 0.29) is 16.7 Å². The van der Waals surface area contributed by atoms with Crippen molar-refractivity contribution in [1.29, 1.82) is 0 Å². The summed E-state index contributed by atoms with van der Waals surface area (Å²) in [4.78, 5) is 24.9. The maximum absolute atomic E-state index is 13.7. The summed E-state index contributed by atoms with van der Waals surface area (Å²) in [6.45, 7) is 3.50. The highest BCUT2D eigenvalue weighted by Gasteiger charge is 2.25. The highest BCUT2D eigenvalue weighted by molar-refractivity contribution is 7.18. The van der Waals surface area contributed by atoms with E-state index in [1.807, 2.05) is 30.3 Å². The van der Waals surface area contributed by atoms with Gasteiger partial charge in [-0.25, -0.2) is 13.6 Å². The molecule has 0 bridgehead atoms. The van der Waals surface area contributed by atoms with Crippen molar-refractivity contribution in [3.05, 3.63) is 60.2 Å². The van der Waals surface area contributed by atoms with Crippen LogP contribution >= 0.6 is 11.3 Å². The summed E-state index contributed by atoms with van der Waals surface area (Å²) in [5.41, 5.74) is 0.670. The normalized spacial score (nSPS) is 11.8. The Kier molecular flexibility index (Phi) is 6.68. The molecule has 3 rings (SSSR count). The number of urea groups is 1. The Balaban J connectivity index is 1.65. The van der Waals surface area contributed by atoms with E-state index in [0.717, 1.165) is 17.7 Å². The number of carbonyl (C=O) groups is 2. The first-order valence-corrected chi connectivity index (χ1v) is 9.87. The number of benzene rings is 2. The average molecular weight is 431 g/mol. The molecule has 0 radical (unpaired) electrons. The summed E-state index contributed by atoms with van der Waals surface area (Å²) in [7, 11) is 0. The first-order chi connectivity index (χ1) is 14.3. The molecule has 0 aliphatic carbocycles. The molecule has 0 spiro atoms. The molecule has 3 amide bonds. The van der Waals surface area contributed by atoms with Crippen LogP contribution in [0.5, 0.6) is 0 Å². The second kappa shape index (κ2) is 9.40. The number of carbonyl (C=O) groups excluding carboxylic acids is 2. The zero-order chi connectivity index (χ0) is 21.7. The first-order valence-electron chi connectivity index (χ1n) is 9.06. The number of halogens is 2. The largest absolute Gasteiger partial charge is 0.326 e. The molecule has 0 aliphatic rings. The number of aromatic nitrogens is 2. The SMILES string of the molecule is CC(C)C(NC(=O)Nc1ccc(F)cc1F)C(=O)Nc1nnc(-c2ccccc2)s1. The molecule has 1 atom stereocenters. The van der Waals surface area contributed by atoms with Crippen LogP contribution in [-0.2, 0) is 4.79 Å². The van der Waals surface area contributed by atoms with Gasteiger partial charge in [-0.15, -0.1) is 10.2 Å². The smallest absolute Gasteiger partial charge is 0.319 e. The standard InChI is InChI=1S/C20H19F2N5O2S/c1-11(2)16(24-19(29)23-15-9-8-13(21)10-14(15)22)17(28)25-20-27-26-18(30-20)12-6-4-3-5-7-12/h3-11,16H,1-2H3,(H2,23,24,29)(H,25,27,28). The van der Waals surface area contributed by atoms with Gasteiger partial charge in [0.15, 0.2) is 0 Å². The lowest BCUT2D eigenvalue weighted by atomic mass is 10.0. The maximum atomic E-state index is 13.7. The van der Waals surface area contributed by atoms with Crippen LogP contribution in [0.25, 0.3) is 10.6 Å². The van der Waals surface area contributed by atoms with E-state index in [0.29, 0.717) is 11.1 Å². The van der Waals surface area contributed by atoms with Gasteiger partial charge in [-0.3, -0.25) is 10.1 Å². The van der Waals surface area contributed by atoms with Gasteiger partial charge in [-0.1, -0.05) is 55.5 Å². The second-order valence-electron chi connectivity index (χ2n) is 6.71. The van der Waals surface area contributed by atoms with Crippen LogP contribution in [0.3, 0.4) is 0 Å². The molecule has 1 unspecified atom stereocenters. The molecule has 0 saturated heterocycles. The summed E-state index contributed by atoms with van der Waals surface area (Å²) < 4.78 is 26.7. The van der Waals surface area contributed by atoms with Gasteiger partial charge in [0, 0.05) is 11.6 Å². The third kappa shape index (κ3) is 5.35. The predicted octanol–water partition coefficient (Wildman–Crippen LogP) is 4.27. The highest BCUT2D eigenvalue weighted by Crippen LogP contribution is 2.26. The van der Waals surface area contributed by atoms with E-state index in [4.69, 9.17) is 0 Å². The van der Waals surface area contributed by atoms with Gasteiger partial charge >= 0.3 is 6.03 Å². The van der Waals surface area contributed by atoms with E-state index in [9.17, 15) is 18.4 Å². The molecule has 0 aliphatic heterocycles. The van der Waals surface area contributed by atoms with Gasteiger partial charge in [0.1, 0.15) is 22.7 Å². The molecule has 1 aromatic heterocycles. The van der Waals surface area contributed by atoms with Crippen LogP contribution in [0, 0.1) is 17.6 Å². The number of hydrogen-bond donors (Lipinski definition) is 3. The van der Waals surface area contributed by atoms with Crippen molar-refractivity contribution in [2.45, 2.75) is 19.9 Å². The zero-order valence-corrected chi connectivity index (χ0v) is 17.0. The summed E-state index contributed by atoms with van der Waals surface area (Å²) in [5.74, 6) is -2.44. The molecule has 30 heavy (non-hydrogen) atoms. The van der Waals surface area contributed by atoms with Crippen LogP contribution in [0.2, 0.25) is 0 Å². The Morgan fingerprint density at radius 1 is 1.00 bits per heavy atom. The zero-order valence-electron chi connectivity index (χ0n) is 16.1. The Hall–Kier alpha value is -3.40. The monoisotopic (exact) mass is 431 g/mol. The number of nitrogens with zero attached hydrogens (tertiary/aromatic N) is 2. The summed E-state index contributed by atoms with van der Waals surface area (Å²) in [5, 5.41) is 16.4. The van der Waals surface area contributed by atoms with E-state index >= 15 is 0 Å². The predicted molar refractivity (Wildman–Crippen MR) is 111 cm³/mol. The maximum Gasteiger partial charge on any atom is 0.319 e. The van der Waals surface area contributed by atoms with Crippen molar-refractivity contribution >= 4 is 34.1 Å². The lowest BCUT2D eigenvalue weighted by Crippen LogP contribution is -2.48. The van der Waals surface area contributed by atoms with E-state index < -0.39 is 29.6 Å². The molecule has 3 N–H and O–H groups in total. The van der Waals surface area contributed by atoms with Gasteiger partial charge in [-0.05, 0) is 18.1 Å². The molecule has 7 nitrogen and oxygen atoms in total. The van der Waals surface area contributed by atoms with Crippen molar-refractivity contribution in [3.63, 3.8) is 0 Å². The summed E-state index contributed by atoms with van der Waals surface area (Å²) in [6.07, 6.45) is 0. The summed E-state index contributed by atoms with van der Waals surface area (Å²) in [6, 6.07) is 10.4. The van der Waals surface area contributed by atoms with E-state index in [2.05, 4.69) is 26.1 Å². The Morgan fingerprint density at radius 3 is 2.40 bits per heavy atom. The van der Waals surface area contributed by atoms with Crippen molar-refractivity contribution in [2.24, 2.45) is 5.92 Å². The molecule has 3 aromatic rings. The minimum absolute atomic E-state index is 0.201. The fourth-order valence-corrected chi connectivity index (χ4v) is 3.33. The number of rotatable bonds is 6. The molecular formula is C20H19F2N5O2S. The van der Waals surface area contributed by atoms with Crippen LogP contribution in [0.15, 0.2) is 48.5 Å². The van der Waals surface area contributed by atoms with Crippen LogP contribution in [0.1, 0.15) is 13.8 Å². The molecule has 10 heteroatoms. The first kappa shape index (κ1) is 21.3. The second-order valence-corrected chi connectivity index (χ2v) is 7.69. The number of nitrogens with one attached hydrogen (secondary N) is 3. The van der Waals surface area contributed by atoms with Crippen molar-refractivity contribution in [2.75, 3.05) is 10.6 Å². The Bertz CT molecular complexity index is 1040. The molecule has 156 valence electrons.